The second-order valence-electron chi connectivity index (χ2n) is 6.08. The normalized spacial score (nSPS) is 15.0. The van der Waals surface area contributed by atoms with Gasteiger partial charge in [-0.2, -0.15) is 13.2 Å². The Labute approximate surface area is 149 Å². The summed E-state index contributed by atoms with van der Waals surface area (Å²) in [6.45, 7) is 1.61. The van der Waals surface area contributed by atoms with Gasteiger partial charge in [0.25, 0.3) is 0 Å². The molecular formula is C19H19F3N2O2. The molecule has 1 heterocycles. The largest absolute Gasteiger partial charge is 0.504 e. The molecule has 4 nitrogen and oxygen atoms in total. The van der Waals surface area contributed by atoms with Crippen molar-refractivity contribution in [1.82, 2.24) is 0 Å². The van der Waals surface area contributed by atoms with Crippen molar-refractivity contribution in [3.05, 3.63) is 47.5 Å². The van der Waals surface area contributed by atoms with Crippen LogP contribution in [0, 0.1) is 0 Å². The Bertz CT molecular complexity index is 813. The molecule has 2 aromatic carbocycles. The zero-order valence-electron chi connectivity index (χ0n) is 14.3. The van der Waals surface area contributed by atoms with Gasteiger partial charge in [0.05, 0.1) is 24.0 Å². The molecule has 138 valence electrons. The van der Waals surface area contributed by atoms with Gasteiger partial charge in [-0.05, 0) is 54.8 Å². The number of halogens is 3. The lowest BCUT2D eigenvalue weighted by Crippen LogP contribution is -2.18. The van der Waals surface area contributed by atoms with Crippen molar-refractivity contribution >= 4 is 17.6 Å². The smallest absolute Gasteiger partial charge is 0.416 e. The van der Waals surface area contributed by atoms with Crippen LogP contribution in [0.5, 0.6) is 11.5 Å². The van der Waals surface area contributed by atoms with Crippen molar-refractivity contribution in [1.29, 1.82) is 0 Å². The number of phenolic OH excluding ortho intramolecular Hbond substituents is 1. The summed E-state index contributed by atoms with van der Waals surface area (Å²) >= 11 is 0. The lowest BCUT2D eigenvalue weighted by atomic mass is 10.1. The predicted molar refractivity (Wildman–Crippen MR) is 94.8 cm³/mol. The summed E-state index contributed by atoms with van der Waals surface area (Å²) in [5.74, 6) is 0.263. The highest BCUT2D eigenvalue weighted by atomic mass is 19.4. The molecule has 1 N–H and O–H groups in total. The van der Waals surface area contributed by atoms with Gasteiger partial charge in [-0.25, -0.2) is 0 Å². The second-order valence-corrected chi connectivity index (χ2v) is 6.08. The summed E-state index contributed by atoms with van der Waals surface area (Å²) in [7, 11) is 1.42. The van der Waals surface area contributed by atoms with E-state index in [4.69, 9.17) is 4.74 Å². The number of nitrogens with zero attached hydrogens (tertiary/aromatic N) is 2. The Morgan fingerprint density at radius 2 is 1.85 bits per heavy atom. The van der Waals surface area contributed by atoms with Crippen LogP contribution in [0.3, 0.4) is 0 Å². The zero-order chi connectivity index (χ0) is 18.7. The van der Waals surface area contributed by atoms with Crippen LogP contribution in [0.25, 0.3) is 0 Å². The Morgan fingerprint density at radius 1 is 1.12 bits per heavy atom. The summed E-state index contributed by atoms with van der Waals surface area (Å²) in [6.07, 6.45) is -0.925. The van der Waals surface area contributed by atoms with Crippen LogP contribution in [0.1, 0.15) is 24.0 Å². The van der Waals surface area contributed by atoms with E-state index in [1.54, 1.807) is 12.1 Å². The summed E-state index contributed by atoms with van der Waals surface area (Å²) < 4.78 is 44.3. The number of hydrogen-bond donors (Lipinski definition) is 1. The minimum atomic E-state index is -4.42. The third-order valence-corrected chi connectivity index (χ3v) is 4.31. The van der Waals surface area contributed by atoms with Crippen LogP contribution >= 0.6 is 0 Å². The topological polar surface area (TPSA) is 45.1 Å². The molecule has 1 saturated heterocycles. The first-order chi connectivity index (χ1) is 12.4. The molecule has 1 fully saturated rings. The van der Waals surface area contributed by atoms with Crippen molar-refractivity contribution in [2.75, 3.05) is 25.1 Å². The van der Waals surface area contributed by atoms with Crippen LogP contribution in [-0.2, 0) is 6.18 Å². The Kier molecular flexibility index (Phi) is 5.06. The number of aromatic hydroxyl groups is 1. The fourth-order valence-electron chi connectivity index (χ4n) is 2.95. The molecule has 3 rings (SSSR count). The van der Waals surface area contributed by atoms with Gasteiger partial charge in [-0.1, -0.05) is 0 Å². The molecule has 0 aromatic heterocycles. The molecule has 0 spiro atoms. The summed E-state index contributed by atoms with van der Waals surface area (Å²) in [6, 6.07) is 8.29. The number of methoxy groups -OCH3 is 1. The average molecular weight is 364 g/mol. The van der Waals surface area contributed by atoms with Gasteiger partial charge >= 0.3 is 6.18 Å². The minimum Gasteiger partial charge on any atom is -0.504 e. The van der Waals surface area contributed by atoms with Gasteiger partial charge in [-0.3, -0.25) is 4.99 Å². The van der Waals surface area contributed by atoms with Crippen LogP contribution < -0.4 is 9.64 Å². The fraction of sp³-hybridized carbons (Fsp3) is 0.316. The van der Waals surface area contributed by atoms with Crippen LogP contribution in [0.15, 0.2) is 41.4 Å². The summed E-state index contributed by atoms with van der Waals surface area (Å²) in [5, 5.41) is 9.63. The Balaban J connectivity index is 1.98. The van der Waals surface area contributed by atoms with Gasteiger partial charge in [0.1, 0.15) is 0 Å². The van der Waals surface area contributed by atoms with E-state index in [9.17, 15) is 18.3 Å². The van der Waals surface area contributed by atoms with E-state index in [2.05, 4.69) is 4.99 Å². The van der Waals surface area contributed by atoms with Crippen LogP contribution in [0.2, 0.25) is 0 Å². The maximum absolute atomic E-state index is 13.1. The molecule has 1 aliphatic heterocycles. The molecule has 0 amide bonds. The molecule has 0 saturated carbocycles. The highest BCUT2D eigenvalue weighted by Crippen LogP contribution is 2.38. The minimum absolute atomic E-state index is 0.0125. The maximum atomic E-state index is 13.1. The summed E-state index contributed by atoms with van der Waals surface area (Å²) in [4.78, 5) is 6.34. The van der Waals surface area contributed by atoms with Crippen molar-refractivity contribution in [2.24, 2.45) is 4.99 Å². The third-order valence-electron chi connectivity index (χ3n) is 4.31. The monoisotopic (exact) mass is 364 g/mol. The number of alkyl halides is 3. The molecule has 0 radical (unpaired) electrons. The number of anilines is 1. The van der Waals surface area contributed by atoms with Gasteiger partial charge in [0.15, 0.2) is 11.5 Å². The van der Waals surface area contributed by atoms with Gasteiger partial charge in [-0.15, -0.1) is 0 Å². The maximum Gasteiger partial charge on any atom is 0.416 e. The quantitative estimate of drug-likeness (QED) is 0.795. The molecule has 1 aliphatic rings. The molecule has 0 atom stereocenters. The lowest BCUT2D eigenvalue weighted by Gasteiger charge is -2.20. The number of phenols is 1. The first kappa shape index (κ1) is 18.1. The zero-order valence-corrected chi connectivity index (χ0v) is 14.3. The Morgan fingerprint density at radius 3 is 2.50 bits per heavy atom. The van der Waals surface area contributed by atoms with Crippen LogP contribution in [-0.4, -0.2) is 31.5 Å². The van der Waals surface area contributed by atoms with Crippen molar-refractivity contribution in [3.63, 3.8) is 0 Å². The lowest BCUT2D eigenvalue weighted by molar-refractivity contribution is -0.137. The van der Waals surface area contributed by atoms with E-state index < -0.39 is 11.7 Å². The molecule has 0 aliphatic carbocycles. The van der Waals surface area contributed by atoms with Crippen molar-refractivity contribution in [3.8, 4) is 11.5 Å². The number of rotatable bonds is 4. The molecule has 2 aromatic rings. The first-order valence-electron chi connectivity index (χ1n) is 8.26. The van der Waals surface area contributed by atoms with E-state index >= 15 is 0 Å². The van der Waals surface area contributed by atoms with Crippen molar-refractivity contribution < 1.29 is 23.0 Å². The molecular weight excluding hydrogens is 345 g/mol. The SMILES string of the molecule is COc1cc(C=Nc2cc(C(F)(F)F)ccc2N2CCCC2)ccc1O. The second kappa shape index (κ2) is 7.27. The highest BCUT2D eigenvalue weighted by molar-refractivity contribution is 5.85. The third kappa shape index (κ3) is 3.92. The molecule has 0 bridgehead atoms. The standard InChI is InChI=1S/C19H19F3N2O2/c1-26-18-10-13(4-7-17(18)25)12-23-15-11-14(19(20,21)22)5-6-16(15)24-8-2-3-9-24/h4-7,10-12,25H,2-3,8-9H2,1H3. The molecule has 0 unspecified atom stereocenters. The molecule has 26 heavy (non-hydrogen) atoms. The van der Waals surface area contributed by atoms with Gasteiger partial charge in [0, 0.05) is 19.3 Å². The van der Waals surface area contributed by atoms with Gasteiger partial charge in [0.2, 0.25) is 0 Å². The number of hydrogen-bond acceptors (Lipinski definition) is 4. The predicted octanol–water partition coefficient (Wildman–Crippen LogP) is 4.77. The van der Waals surface area contributed by atoms with E-state index in [0.717, 1.165) is 38.1 Å². The highest BCUT2D eigenvalue weighted by Gasteiger charge is 2.31. The van der Waals surface area contributed by atoms with Crippen molar-refractivity contribution in [2.45, 2.75) is 19.0 Å². The average Bonchev–Trinajstić information content (AvgIpc) is 3.14. The summed E-state index contributed by atoms with van der Waals surface area (Å²) in [5.41, 5.74) is 0.853. The number of ether oxygens (including phenoxy) is 1. The van der Waals surface area contributed by atoms with E-state index in [0.29, 0.717) is 11.3 Å². The van der Waals surface area contributed by atoms with Gasteiger partial charge < -0.3 is 14.7 Å². The van der Waals surface area contributed by atoms with Crippen LogP contribution in [0.4, 0.5) is 24.5 Å². The fourth-order valence-corrected chi connectivity index (χ4v) is 2.95. The number of aliphatic imine (C=N–C) groups is 1. The van der Waals surface area contributed by atoms with E-state index in [-0.39, 0.29) is 17.2 Å². The Hall–Kier alpha value is -2.70. The molecule has 7 heteroatoms. The first-order valence-corrected chi connectivity index (χ1v) is 8.26. The van der Waals surface area contributed by atoms with E-state index in [1.807, 2.05) is 4.90 Å². The number of benzene rings is 2. The van der Waals surface area contributed by atoms with E-state index in [1.165, 1.54) is 25.5 Å².